The predicted octanol–water partition coefficient (Wildman–Crippen LogP) is 3.19. The van der Waals surface area contributed by atoms with E-state index in [4.69, 9.17) is 0 Å². The third kappa shape index (κ3) is 1.10. The lowest BCUT2D eigenvalue weighted by Gasteiger charge is -2.24. The van der Waals surface area contributed by atoms with Gasteiger partial charge in [0.25, 0.3) is 0 Å². The van der Waals surface area contributed by atoms with E-state index in [1.54, 1.807) is 0 Å². The van der Waals surface area contributed by atoms with Crippen LogP contribution in [0.3, 0.4) is 0 Å². The molecule has 1 aliphatic rings. The molecule has 0 bridgehead atoms. The molecule has 4 heteroatoms. The minimum absolute atomic E-state index is 1.26. The van der Waals surface area contributed by atoms with E-state index >= 15 is 0 Å². The number of alkyl halides is 3. The molecular weight excluding hydrogens is 160 g/mol. The maximum absolute atomic E-state index is 12.1. The number of halogens is 3. The van der Waals surface area contributed by atoms with Crippen molar-refractivity contribution >= 4 is 7.26 Å². The van der Waals surface area contributed by atoms with Crippen molar-refractivity contribution in [1.29, 1.82) is 0 Å². The summed E-state index contributed by atoms with van der Waals surface area (Å²) in [5.41, 5.74) is 0. The first kappa shape index (κ1) is 7.80. The average molecular weight is 167 g/mol. The van der Waals surface area contributed by atoms with E-state index in [-0.39, 0.29) is 0 Å². The van der Waals surface area contributed by atoms with Gasteiger partial charge in [-0.05, 0) is 6.66 Å². The molecule has 0 aromatic carbocycles. The number of hydrogen-bond acceptors (Lipinski definition) is 0. The molecule has 0 atom stereocenters. The van der Waals surface area contributed by atoms with Gasteiger partial charge in [-0.2, -0.15) is 13.2 Å². The summed E-state index contributed by atoms with van der Waals surface area (Å²) in [6, 6.07) is 0. The smallest absolute Gasteiger partial charge is 0.167 e. The third-order valence-electron chi connectivity index (χ3n) is 1.45. The van der Waals surface area contributed by atoms with Gasteiger partial charge in [0.05, 0.1) is 0 Å². The Labute approximate surface area is 57.8 Å². The molecule has 0 aromatic rings. The molecule has 0 aliphatic carbocycles. The molecule has 1 aliphatic heterocycles. The van der Waals surface area contributed by atoms with E-state index in [1.807, 2.05) is 0 Å². The van der Waals surface area contributed by atoms with E-state index in [2.05, 4.69) is 0 Å². The Kier molecular flexibility index (Phi) is 1.63. The van der Waals surface area contributed by atoms with Crippen molar-refractivity contribution in [3.8, 4) is 0 Å². The van der Waals surface area contributed by atoms with Gasteiger partial charge in [-0.15, -0.1) is 0 Å². The van der Waals surface area contributed by atoms with Crippen molar-refractivity contribution in [2.45, 2.75) is 5.92 Å². The second kappa shape index (κ2) is 2.09. The Hall–Kier alpha value is -0.300. The Bertz CT molecular complexity index is 178. The zero-order valence-electron chi connectivity index (χ0n) is 5.39. The fourth-order valence-corrected chi connectivity index (χ4v) is 2.03. The Morgan fingerprint density at radius 3 is 1.70 bits per heavy atom. The monoisotopic (exact) mass is 167 g/mol. The highest BCUT2D eigenvalue weighted by molar-refractivity contribution is 7.82. The number of rotatable bonds is 0. The van der Waals surface area contributed by atoms with E-state index < -0.39 is 13.2 Å². The Balaban J connectivity index is 2.90. The quantitative estimate of drug-likeness (QED) is 0.486. The Morgan fingerprint density at radius 2 is 1.50 bits per heavy atom. The maximum Gasteiger partial charge on any atom is 0.407 e. The van der Waals surface area contributed by atoms with Crippen molar-refractivity contribution in [3.63, 3.8) is 0 Å². The zero-order chi connectivity index (χ0) is 7.83. The van der Waals surface area contributed by atoms with Crippen LogP contribution >= 0.6 is 7.26 Å². The fraction of sp³-hybridized carbons (Fsp3) is 0.333. The highest BCUT2D eigenvalue weighted by atomic mass is 31.2. The molecule has 0 N–H and O–H groups in total. The standard InChI is InChI=1S/C6H7F3P/c1-10(6(7,8)9)4-2-3-5-10/h2-5H,1H3. The molecule has 0 saturated carbocycles. The van der Waals surface area contributed by atoms with Crippen LogP contribution in [0.4, 0.5) is 13.2 Å². The number of allylic oxidation sites excluding steroid dienone is 2. The average Bonchev–Trinajstić information content (AvgIpc) is 2.13. The highest BCUT2D eigenvalue weighted by Crippen LogP contribution is 2.72. The zero-order valence-corrected chi connectivity index (χ0v) is 6.28. The lowest BCUT2D eigenvalue weighted by atomic mass is 10.6. The fourth-order valence-electron chi connectivity index (χ4n) is 0.676. The lowest BCUT2D eigenvalue weighted by molar-refractivity contribution is -0.0410. The molecule has 0 aromatic heterocycles. The molecular formula is C6H7F3P. The molecule has 0 spiro atoms. The van der Waals surface area contributed by atoms with E-state index in [1.165, 1.54) is 30.5 Å². The minimum Gasteiger partial charge on any atom is -0.167 e. The third-order valence-corrected chi connectivity index (χ3v) is 4.12. The first-order valence-corrected chi connectivity index (χ1v) is 5.13. The van der Waals surface area contributed by atoms with Gasteiger partial charge in [0, 0.05) is 7.26 Å². The molecule has 0 saturated heterocycles. The normalized spacial score (nSPS) is 22.0. The van der Waals surface area contributed by atoms with Crippen LogP contribution in [0.25, 0.3) is 0 Å². The van der Waals surface area contributed by atoms with E-state index in [9.17, 15) is 13.2 Å². The SMILES string of the molecule is C[P]1(C(F)(F)F)C=CC=C1. The van der Waals surface area contributed by atoms with Crippen molar-refractivity contribution in [2.75, 3.05) is 6.66 Å². The summed E-state index contributed by atoms with van der Waals surface area (Å²) in [6.45, 7) is 1.26. The van der Waals surface area contributed by atoms with Gasteiger partial charge < -0.3 is 0 Å². The summed E-state index contributed by atoms with van der Waals surface area (Å²) in [4.78, 5) is 0. The van der Waals surface area contributed by atoms with Crippen LogP contribution in [0.2, 0.25) is 0 Å². The van der Waals surface area contributed by atoms with Crippen molar-refractivity contribution in [1.82, 2.24) is 0 Å². The van der Waals surface area contributed by atoms with Crippen LogP contribution in [-0.4, -0.2) is 12.6 Å². The van der Waals surface area contributed by atoms with E-state index in [0.717, 1.165) is 0 Å². The van der Waals surface area contributed by atoms with Crippen molar-refractivity contribution in [2.24, 2.45) is 0 Å². The summed E-state index contributed by atoms with van der Waals surface area (Å²) in [5, 5.41) is 0. The maximum atomic E-state index is 12.1. The molecule has 0 fully saturated rings. The van der Waals surface area contributed by atoms with Crippen LogP contribution in [0.1, 0.15) is 0 Å². The first-order valence-electron chi connectivity index (χ1n) is 2.75. The largest absolute Gasteiger partial charge is 0.407 e. The molecule has 10 heavy (non-hydrogen) atoms. The summed E-state index contributed by atoms with van der Waals surface area (Å²) in [6.07, 6.45) is 2.92. The molecule has 1 heterocycles. The molecule has 0 unspecified atom stereocenters. The van der Waals surface area contributed by atoms with Gasteiger partial charge in [0.2, 0.25) is 0 Å². The van der Waals surface area contributed by atoms with Gasteiger partial charge in [-0.1, -0.05) is 23.8 Å². The predicted molar refractivity (Wildman–Crippen MR) is 37.2 cm³/mol. The summed E-state index contributed by atoms with van der Waals surface area (Å²) >= 11 is 0. The highest BCUT2D eigenvalue weighted by Gasteiger charge is 2.46. The minimum atomic E-state index is -4.05. The van der Waals surface area contributed by atoms with Gasteiger partial charge in [0.1, 0.15) is 0 Å². The molecule has 0 nitrogen and oxygen atoms in total. The van der Waals surface area contributed by atoms with Gasteiger partial charge in [-0.25, -0.2) is 0 Å². The summed E-state index contributed by atoms with van der Waals surface area (Å²) < 4.78 is 36.3. The van der Waals surface area contributed by atoms with Crippen LogP contribution in [0.5, 0.6) is 0 Å². The van der Waals surface area contributed by atoms with Crippen molar-refractivity contribution in [3.05, 3.63) is 23.8 Å². The van der Waals surface area contributed by atoms with Gasteiger partial charge >= 0.3 is 5.92 Å². The molecule has 0 amide bonds. The van der Waals surface area contributed by atoms with Crippen LogP contribution in [0.15, 0.2) is 23.8 Å². The second-order valence-corrected chi connectivity index (χ2v) is 5.70. The van der Waals surface area contributed by atoms with E-state index in [0.29, 0.717) is 0 Å². The summed E-state index contributed by atoms with van der Waals surface area (Å²) in [5.74, 6) is -1.53. The summed E-state index contributed by atoms with van der Waals surface area (Å²) in [7, 11) is -2.86. The molecule has 1 rings (SSSR count). The van der Waals surface area contributed by atoms with Crippen LogP contribution < -0.4 is 0 Å². The van der Waals surface area contributed by atoms with Gasteiger partial charge in [0.15, 0.2) is 0 Å². The first-order chi connectivity index (χ1) is 4.46. The number of hydrogen-bond donors (Lipinski definition) is 0. The molecule has 57 valence electrons. The lowest BCUT2D eigenvalue weighted by Crippen LogP contribution is -2.09. The van der Waals surface area contributed by atoms with Crippen molar-refractivity contribution < 1.29 is 13.2 Å². The van der Waals surface area contributed by atoms with Crippen LogP contribution in [-0.2, 0) is 0 Å². The second-order valence-electron chi connectivity index (χ2n) is 2.30. The van der Waals surface area contributed by atoms with Crippen LogP contribution in [0, 0.1) is 0 Å². The molecule has 1 radical (unpaired) electrons. The van der Waals surface area contributed by atoms with Gasteiger partial charge in [-0.3, -0.25) is 0 Å². The Morgan fingerprint density at radius 1 is 1.10 bits per heavy atom. The topological polar surface area (TPSA) is 0 Å².